The van der Waals surface area contributed by atoms with Gasteiger partial charge in [-0.05, 0) is 26.7 Å². The molecular weight excluding hydrogens is 281 g/mol. The van der Waals surface area contributed by atoms with Crippen LogP contribution in [0.5, 0.6) is 0 Å². The third-order valence-corrected chi connectivity index (χ3v) is 3.75. The molecule has 0 radical (unpaired) electrons. The lowest BCUT2D eigenvalue weighted by atomic mass is 9.83. The summed E-state index contributed by atoms with van der Waals surface area (Å²) in [5.74, 6) is 5.05. The van der Waals surface area contributed by atoms with Crippen molar-refractivity contribution in [3.05, 3.63) is 23.4 Å². The Hall–Kier alpha value is -1.90. The molecule has 1 N–H and O–H groups in total. The first-order chi connectivity index (χ1) is 9.77. The van der Waals surface area contributed by atoms with Gasteiger partial charge < -0.3 is 5.32 Å². The average molecular weight is 298 g/mol. The van der Waals surface area contributed by atoms with Gasteiger partial charge in [-0.1, -0.05) is 24.0 Å². The van der Waals surface area contributed by atoms with Gasteiger partial charge in [0.1, 0.15) is 0 Å². The van der Waals surface area contributed by atoms with E-state index in [4.69, 9.17) is 0 Å². The summed E-state index contributed by atoms with van der Waals surface area (Å²) < 4.78 is 41.5. The van der Waals surface area contributed by atoms with E-state index < -0.39 is 17.7 Å². The normalized spacial score (nSPS) is 30.2. The first kappa shape index (κ1) is 15.5. The van der Waals surface area contributed by atoms with Crippen molar-refractivity contribution in [2.24, 2.45) is 5.92 Å². The minimum Gasteiger partial charge on any atom is -0.308 e. The lowest BCUT2D eigenvalue weighted by Crippen LogP contribution is -2.66. The van der Waals surface area contributed by atoms with Gasteiger partial charge >= 0.3 is 12.2 Å². The Morgan fingerprint density at radius 3 is 2.38 bits per heavy atom. The molecule has 1 heterocycles. The first-order valence-corrected chi connectivity index (χ1v) is 6.75. The molecule has 0 spiro atoms. The third kappa shape index (κ3) is 2.41. The molecule has 1 unspecified atom stereocenters. The standard InChI is InChI=1S/C15H17F3N2O/c1-4-11-12(5-2)19-13(21)20(3)14(11,15(16,17)18)9-8-10-6-7-10/h4-5,10H,6-7H2,1-3H3,(H,19,21)/b11-4+,12-5+. The summed E-state index contributed by atoms with van der Waals surface area (Å²) in [7, 11) is 1.13. The number of hydrogen-bond acceptors (Lipinski definition) is 1. The second-order valence-corrected chi connectivity index (χ2v) is 5.15. The van der Waals surface area contributed by atoms with Crippen molar-refractivity contribution in [1.82, 2.24) is 10.2 Å². The summed E-state index contributed by atoms with van der Waals surface area (Å²) in [6, 6.07) is -0.809. The fourth-order valence-electron chi connectivity index (χ4n) is 2.39. The van der Waals surface area contributed by atoms with Gasteiger partial charge in [-0.3, -0.25) is 4.90 Å². The van der Waals surface area contributed by atoms with Crippen LogP contribution in [0.15, 0.2) is 23.4 Å². The van der Waals surface area contributed by atoms with Crippen LogP contribution in [-0.2, 0) is 0 Å². The topological polar surface area (TPSA) is 32.3 Å². The number of likely N-dealkylation sites (N-methyl/N-ethyl adjacent to an activating group) is 1. The molecule has 1 saturated carbocycles. The molecule has 3 nitrogen and oxygen atoms in total. The molecule has 1 aliphatic carbocycles. The van der Waals surface area contributed by atoms with Crippen molar-refractivity contribution in [2.75, 3.05) is 7.05 Å². The number of amides is 2. The zero-order valence-corrected chi connectivity index (χ0v) is 12.1. The summed E-state index contributed by atoms with van der Waals surface area (Å²) in [5, 5.41) is 2.46. The summed E-state index contributed by atoms with van der Waals surface area (Å²) in [5.41, 5.74) is -2.47. The fraction of sp³-hybridized carbons (Fsp3) is 0.533. The highest BCUT2D eigenvalue weighted by molar-refractivity contribution is 5.83. The smallest absolute Gasteiger partial charge is 0.308 e. The van der Waals surface area contributed by atoms with E-state index in [2.05, 4.69) is 17.2 Å². The van der Waals surface area contributed by atoms with Crippen LogP contribution in [0.25, 0.3) is 0 Å². The summed E-state index contributed by atoms with van der Waals surface area (Å²) >= 11 is 0. The Balaban J connectivity index is 2.67. The quantitative estimate of drug-likeness (QED) is 0.684. The zero-order valence-electron chi connectivity index (χ0n) is 12.1. The van der Waals surface area contributed by atoms with E-state index >= 15 is 0 Å². The van der Waals surface area contributed by atoms with Gasteiger partial charge in [-0.2, -0.15) is 13.2 Å². The second kappa shape index (κ2) is 5.14. The van der Waals surface area contributed by atoms with E-state index in [-0.39, 0.29) is 17.2 Å². The van der Waals surface area contributed by atoms with Gasteiger partial charge in [0.2, 0.25) is 5.54 Å². The molecule has 2 rings (SSSR count). The van der Waals surface area contributed by atoms with Gasteiger partial charge in [0.05, 0.1) is 0 Å². The Morgan fingerprint density at radius 2 is 1.95 bits per heavy atom. The maximum atomic E-state index is 13.8. The number of rotatable bonds is 0. The van der Waals surface area contributed by atoms with E-state index in [0.29, 0.717) is 4.90 Å². The number of hydrogen-bond donors (Lipinski definition) is 1. The molecule has 21 heavy (non-hydrogen) atoms. The number of halogens is 3. The van der Waals surface area contributed by atoms with E-state index in [9.17, 15) is 18.0 Å². The highest BCUT2D eigenvalue weighted by Crippen LogP contribution is 2.45. The number of carbonyl (C=O) groups excluding carboxylic acids is 1. The molecule has 1 atom stereocenters. The Bertz CT molecular complexity index is 576. The number of alkyl halides is 3. The van der Waals surface area contributed by atoms with Crippen molar-refractivity contribution in [3.63, 3.8) is 0 Å². The number of allylic oxidation sites excluding steroid dienone is 2. The molecule has 114 valence electrons. The maximum absolute atomic E-state index is 13.8. The summed E-state index contributed by atoms with van der Waals surface area (Å²) in [6.07, 6.45) is -0.228. The van der Waals surface area contributed by atoms with Crippen molar-refractivity contribution >= 4 is 6.03 Å². The molecule has 2 fully saturated rings. The van der Waals surface area contributed by atoms with Crippen LogP contribution >= 0.6 is 0 Å². The predicted octanol–water partition coefficient (Wildman–Crippen LogP) is 3.21. The minimum absolute atomic E-state index is 0.00905. The first-order valence-electron chi connectivity index (χ1n) is 6.75. The largest absolute Gasteiger partial charge is 0.427 e. The summed E-state index contributed by atoms with van der Waals surface area (Å²) in [6.45, 7) is 3.10. The molecule has 6 heteroatoms. The van der Waals surface area contributed by atoms with Gasteiger partial charge in [0, 0.05) is 24.2 Å². The van der Waals surface area contributed by atoms with Gasteiger partial charge in [-0.25, -0.2) is 4.79 Å². The van der Waals surface area contributed by atoms with Gasteiger partial charge in [0.15, 0.2) is 0 Å². The van der Waals surface area contributed by atoms with Crippen molar-refractivity contribution < 1.29 is 18.0 Å². The molecule has 2 aliphatic rings. The Labute approximate surface area is 121 Å². The van der Waals surface area contributed by atoms with Crippen molar-refractivity contribution in [2.45, 2.75) is 38.4 Å². The van der Waals surface area contributed by atoms with E-state index in [0.717, 1.165) is 19.9 Å². The molecular formula is C15H17F3N2O. The highest BCUT2D eigenvalue weighted by atomic mass is 19.4. The molecule has 1 aliphatic heterocycles. The third-order valence-electron chi connectivity index (χ3n) is 3.75. The minimum atomic E-state index is -4.68. The van der Waals surface area contributed by atoms with Crippen LogP contribution in [0, 0.1) is 17.8 Å². The fourth-order valence-corrected chi connectivity index (χ4v) is 2.39. The van der Waals surface area contributed by atoms with Crippen LogP contribution in [0.2, 0.25) is 0 Å². The maximum Gasteiger partial charge on any atom is 0.427 e. The molecule has 0 aromatic heterocycles. The lowest BCUT2D eigenvalue weighted by Gasteiger charge is -2.45. The highest BCUT2D eigenvalue weighted by Gasteiger charge is 2.63. The van der Waals surface area contributed by atoms with Crippen LogP contribution in [0.3, 0.4) is 0 Å². The van der Waals surface area contributed by atoms with E-state index in [1.807, 2.05) is 0 Å². The second-order valence-electron chi connectivity index (χ2n) is 5.15. The molecule has 0 aromatic carbocycles. The molecule has 0 aromatic rings. The monoisotopic (exact) mass is 298 g/mol. The molecule has 0 bridgehead atoms. The Kier molecular flexibility index (Phi) is 3.79. The SMILES string of the molecule is C/C=C1/NC(=O)N(C)C(C#CC2CC2)(C(F)(F)F)/C1=C/C. The van der Waals surface area contributed by atoms with Crippen molar-refractivity contribution in [1.29, 1.82) is 0 Å². The molecule has 1 saturated heterocycles. The van der Waals surface area contributed by atoms with Crippen molar-refractivity contribution in [3.8, 4) is 11.8 Å². The van der Waals surface area contributed by atoms with Crippen LogP contribution in [-0.4, -0.2) is 29.7 Å². The number of nitrogens with one attached hydrogen (secondary N) is 1. The van der Waals surface area contributed by atoms with Gasteiger partial charge in [0.25, 0.3) is 0 Å². The Morgan fingerprint density at radius 1 is 1.33 bits per heavy atom. The van der Waals surface area contributed by atoms with Gasteiger partial charge in [-0.15, -0.1) is 0 Å². The van der Waals surface area contributed by atoms with Crippen LogP contribution in [0.4, 0.5) is 18.0 Å². The number of urea groups is 1. The van der Waals surface area contributed by atoms with Crippen LogP contribution < -0.4 is 5.32 Å². The number of carbonyl (C=O) groups is 1. The average Bonchev–Trinajstić information content (AvgIpc) is 3.22. The molecule has 2 amide bonds. The zero-order chi connectivity index (χ0) is 15.8. The summed E-state index contributed by atoms with van der Waals surface area (Å²) in [4.78, 5) is 12.6. The number of nitrogens with zero attached hydrogens (tertiary/aromatic N) is 1. The van der Waals surface area contributed by atoms with E-state index in [1.165, 1.54) is 19.1 Å². The van der Waals surface area contributed by atoms with Crippen LogP contribution in [0.1, 0.15) is 26.7 Å². The van der Waals surface area contributed by atoms with E-state index in [1.54, 1.807) is 6.92 Å². The predicted molar refractivity (Wildman–Crippen MR) is 73.1 cm³/mol. The lowest BCUT2D eigenvalue weighted by molar-refractivity contribution is -0.188.